The van der Waals surface area contributed by atoms with Crippen LogP contribution < -0.4 is 4.90 Å². The van der Waals surface area contributed by atoms with E-state index in [2.05, 4.69) is 0 Å². The fourth-order valence-corrected chi connectivity index (χ4v) is 2.22. The third-order valence-electron chi connectivity index (χ3n) is 2.76. The van der Waals surface area contributed by atoms with Crippen molar-refractivity contribution in [2.45, 2.75) is 6.42 Å². The average molecular weight is 276 g/mol. The summed E-state index contributed by atoms with van der Waals surface area (Å²) in [6, 6.07) is 1.48. The molecule has 18 heavy (non-hydrogen) atoms. The molecule has 1 atom stereocenters. The SMILES string of the molecule is O=C(O)C1CCN(c2c(F)cc(F)cc2Cl)C1=O. The van der Waals surface area contributed by atoms with Gasteiger partial charge in [-0.05, 0) is 12.5 Å². The summed E-state index contributed by atoms with van der Waals surface area (Å²) < 4.78 is 26.5. The molecule has 0 aromatic heterocycles. The zero-order valence-electron chi connectivity index (χ0n) is 8.99. The molecule has 1 aliphatic rings. The van der Waals surface area contributed by atoms with Crippen LogP contribution in [0.4, 0.5) is 14.5 Å². The lowest BCUT2D eigenvalue weighted by atomic mass is 10.1. The number of anilines is 1. The number of hydrogen-bond acceptors (Lipinski definition) is 2. The zero-order valence-corrected chi connectivity index (χ0v) is 9.75. The molecular formula is C11H8ClF2NO3. The predicted molar refractivity (Wildman–Crippen MR) is 59.5 cm³/mol. The minimum atomic E-state index is -1.26. The Balaban J connectivity index is 2.40. The van der Waals surface area contributed by atoms with Crippen LogP contribution in [-0.2, 0) is 9.59 Å². The number of aliphatic carboxylic acids is 1. The molecular weight excluding hydrogens is 268 g/mol. The molecule has 0 spiro atoms. The van der Waals surface area contributed by atoms with Gasteiger partial charge in [0, 0.05) is 12.6 Å². The number of hydrogen-bond donors (Lipinski definition) is 1. The Kier molecular flexibility index (Phi) is 3.21. The van der Waals surface area contributed by atoms with Crippen LogP contribution in [-0.4, -0.2) is 23.5 Å². The molecule has 96 valence electrons. The first-order valence-electron chi connectivity index (χ1n) is 5.10. The van der Waals surface area contributed by atoms with Gasteiger partial charge < -0.3 is 10.0 Å². The molecule has 1 saturated heterocycles. The minimum absolute atomic E-state index is 0.0398. The highest BCUT2D eigenvalue weighted by atomic mass is 35.5. The van der Waals surface area contributed by atoms with E-state index in [9.17, 15) is 18.4 Å². The first-order chi connectivity index (χ1) is 8.41. The standard InChI is InChI=1S/C11H8ClF2NO3/c12-7-3-5(13)4-8(14)9(7)15-2-1-6(10(15)16)11(17)18/h3-4,6H,1-2H2,(H,17,18). The second-order valence-electron chi connectivity index (χ2n) is 3.89. The van der Waals surface area contributed by atoms with E-state index in [4.69, 9.17) is 16.7 Å². The molecule has 1 aromatic rings. The molecule has 1 N–H and O–H groups in total. The fourth-order valence-electron chi connectivity index (χ4n) is 1.92. The zero-order chi connectivity index (χ0) is 13.4. The largest absolute Gasteiger partial charge is 0.481 e. The van der Waals surface area contributed by atoms with Crippen molar-refractivity contribution in [3.63, 3.8) is 0 Å². The van der Waals surface area contributed by atoms with Gasteiger partial charge in [0.25, 0.3) is 0 Å². The monoisotopic (exact) mass is 275 g/mol. The Bertz CT molecular complexity index is 512. The van der Waals surface area contributed by atoms with Crippen molar-refractivity contribution in [1.82, 2.24) is 0 Å². The molecule has 4 nitrogen and oxygen atoms in total. The molecule has 0 aliphatic carbocycles. The lowest BCUT2D eigenvalue weighted by Crippen LogP contribution is -2.31. The smallest absolute Gasteiger partial charge is 0.316 e. The van der Waals surface area contributed by atoms with Gasteiger partial charge in [0.05, 0.1) is 10.7 Å². The molecule has 0 saturated carbocycles. The Morgan fingerprint density at radius 2 is 2.11 bits per heavy atom. The summed E-state index contributed by atoms with van der Waals surface area (Å²) in [6.45, 7) is 0.0398. The maximum absolute atomic E-state index is 13.6. The quantitative estimate of drug-likeness (QED) is 0.841. The highest BCUT2D eigenvalue weighted by Gasteiger charge is 2.39. The van der Waals surface area contributed by atoms with Crippen molar-refractivity contribution in [1.29, 1.82) is 0 Å². The summed E-state index contributed by atoms with van der Waals surface area (Å²) in [7, 11) is 0. The normalized spacial score (nSPS) is 19.4. The number of carboxylic acids is 1. The number of rotatable bonds is 2. The van der Waals surface area contributed by atoms with Gasteiger partial charge in [-0.1, -0.05) is 11.6 Å². The summed E-state index contributed by atoms with van der Waals surface area (Å²) in [5.74, 6) is -5.05. The lowest BCUT2D eigenvalue weighted by molar-refractivity contribution is -0.144. The van der Waals surface area contributed by atoms with Crippen molar-refractivity contribution >= 4 is 29.2 Å². The van der Waals surface area contributed by atoms with Crippen LogP contribution >= 0.6 is 11.6 Å². The molecule has 1 fully saturated rings. The number of nitrogens with zero attached hydrogens (tertiary/aromatic N) is 1. The van der Waals surface area contributed by atoms with Gasteiger partial charge in [0.15, 0.2) is 5.82 Å². The van der Waals surface area contributed by atoms with Crippen LogP contribution in [0.25, 0.3) is 0 Å². The van der Waals surface area contributed by atoms with Gasteiger partial charge in [-0.3, -0.25) is 9.59 Å². The van der Waals surface area contributed by atoms with Gasteiger partial charge in [0.2, 0.25) is 5.91 Å². The van der Waals surface area contributed by atoms with Crippen LogP contribution in [0, 0.1) is 17.6 Å². The molecule has 1 unspecified atom stereocenters. The van der Waals surface area contributed by atoms with Crippen LogP contribution in [0.2, 0.25) is 5.02 Å². The second-order valence-corrected chi connectivity index (χ2v) is 4.29. The topological polar surface area (TPSA) is 57.6 Å². The van der Waals surface area contributed by atoms with Gasteiger partial charge in [-0.15, -0.1) is 0 Å². The molecule has 1 aliphatic heterocycles. The van der Waals surface area contributed by atoms with Crippen molar-refractivity contribution < 1.29 is 23.5 Å². The maximum atomic E-state index is 13.6. The Hall–Kier alpha value is -1.69. The summed E-state index contributed by atoms with van der Waals surface area (Å²) in [5, 5.41) is 8.54. The molecule has 2 rings (SSSR count). The highest BCUT2D eigenvalue weighted by Crippen LogP contribution is 2.34. The predicted octanol–water partition coefficient (Wildman–Crippen LogP) is 2.06. The average Bonchev–Trinajstić information content (AvgIpc) is 2.59. The number of benzene rings is 1. The Labute approximate surface area is 106 Å². The number of amides is 1. The van der Waals surface area contributed by atoms with Gasteiger partial charge >= 0.3 is 5.97 Å². The first-order valence-corrected chi connectivity index (χ1v) is 5.48. The van der Waals surface area contributed by atoms with Gasteiger partial charge in [0.1, 0.15) is 11.7 Å². The number of carbonyl (C=O) groups is 2. The van der Waals surface area contributed by atoms with E-state index in [0.29, 0.717) is 6.07 Å². The third-order valence-corrected chi connectivity index (χ3v) is 3.04. The van der Waals surface area contributed by atoms with Crippen LogP contribution in [0.15, 0.2) is 12.1 Å². The Morgan fingerprint density at radius 1 is 1.44 bits per heavy atom. The summed E-state index contributed by atoms with van der Waals surface area (Å²) in [5.41, 5.74) is -0.271. The fraction of sp³-hybridized carbons (Fsp3) is 0.273. The molecule has 1 aromatic carbocycles. The first kappa shape index (κ1) is 12.8. The van der Waals surface area contributed by atoms with E-state index in [-0.39, 0.29) is 23.7 Å². The molecule has 1 amide bonds. The van der Waals surface area contributed by atoms with Crippen LogP contribution in [0.3, 0.4) is 0 Å². The van der Waals surface area contributed by atoms with Gasteiger partial charge in [-0.2, -0.15) is 0 Å². The summed E-state index contributed by atoms with van der Waals surface area (Å²) >= 11 is 5.69. The number of halogens is 3. The molecule has 7 heteroatoms. The summed E-state index contributed by atoms with van der Waals surface area (Å²) in [6.07, 6.45) is 0.0707. The van der Waals surface area contributed by atoms with E-state index in [1.807, 2.05) is 0 Å². The lowest BCUT2D eigenvalue weighted by Gasteiger charge is -2.18. The van der Waals surface area contributed by atoms with Crippen molar-refractivity contribution in [2.24, 2.45) is 5.92 Å². The van der Waals surface area contributed by atoms with E-state index in [1.165, 1.54) is 0 Å². The molecule has 0 bridgehead atoms. The maximum Gasteiger partial charge on any atom is 0.316 e. The van der Waals surface area contributed by atoms with E-state index >= 15 is 0 Å². The van der Waals surface area contributed by atoms with Crippen LogP contribution in [0.1, 0.15) is 6.42 Å². The van der Waals surface area contributed by atoms with Crippen LogP contribution in [0.5, 0.6) is 0 Å². The number of carboxylic acid groups (broad SMARTS) is 1. The van der Waals surface area contributed by atoms with Crippen molar-refractivity contribution in [2.75, 3.05) is 11.4 Å². The van der Waals surface area contributed by atoms with Gasteiger partial charge in [-0.25, -0.2) is 8.78 Å². The van der Waals surface area contributed by atoms with Crippen molar-refractivity contribution in [3.05, 3.63) is 28.8 Å². The van der Waals surface area contributed by atoms with E-state index in [0.717, 1.165) is 11.0 Å². The number of carbonyl (C=O) groups excluding carboxylic acids is 1. The second kappa shape index (κ2) is 4.53. The molecule has 1 heterocycles. The molecule has 0 radical (unpaired) electrons. The van der Waals surface area contributed by atoms with Crippen molar-refractivity contribution in [3.8, 4) is 0 Å². The minimum Gasteiger partial charge on any atom is -0.481 e. The third kappa shape index (κ3) is 2.03. The summed E-state index contributed by atoms with van der Waals surface area (Å²) in [4.78, 5) is 23.5. The Morgan fingerprint density at radius 3 is 2.61 bits per heavy atom. The van der Waals surface area contributed by atoms with E-state index < -0.39 is 29.4 Å². The van der Waals surface area contributed by atoms with E-state index in [1.54, 1.807) is 0 Å². The highest BCUT2D eigenvalue weighted by molar-refractivity contribution is 6.34.